The Morgan fingerprint density at radius 2 is 1.82 bits per heavy atom. The van der Waals surface area contributed by atoms with Crippen LogP contribution in [0.5, 0.6) is 0 Å². The zero-order valence-corrected chi connectivity index (χ0v) is 9.35. The molecule has 3 rings (SSSR count). The summed E-state index contributed by atoms with van der Waals surface area (Å²) >= 11 is 0. The van der Waals surface area contributed by atoms with Crippen molar-refractivity contribution < 1.29 is 0 Å². The molecule has 86 valence electrons. The molecule has 1 unspecified atom stereocenters. The molecule has 4 nitrogen and oxygen atoms in total. The van der Waals surface area contributed by atoms with Gasteiger partial charge in [0.25, 0.3) is 0 Å². The molecule has 4 heteroatoms. The van der Waals surface area contributed by atoms with Crippen LogP contribution in [0.25, 0.3) is 11.1 Å². The summed E-state index contributed by atoms with van der Waals surface area (Å²) in [7, 11) is 0. The third kappa shape index (κ3) is 1.83. The molecule has 0 spiro atoms. The quantitative estimate of drug-likeness (QED) is 0.678. The van der Waals surface area contributed by atoms with Crippen molar-refractivity contribution in [3.05, 3.63) is 42.1 Å². The smallest absolute Gasteiger partial charge is 0.147 e. The molecule has 17 heavy (non-hydrogen) atoms. The molecule has 1 fully saturated rings. The van der Waals surface area contributed by atoms with Crippen molar-refractivity contribution in [1.82, 2.24) is 10.3 Å². The average Bonchev–Trinajstić information content (AvgIpc) is 3.17. The third-order valence-corrected chi connectivity index (χ3v) is 3.05. The summed E-state index contributed by atoms with van der Waals surface area (Å²) in [4.78, 5) is 3.96. The van der Waals surface area contributed by atoms with Gasteiger partial charge in [-0.05, 0) is 17.2 Å². The molecule has 1 aliphatic heterocycles. The summed E-state index contributed by atoms with van der Waals surface area (Å²) in [5.74, 6) is 0.385. The standard InChI is InChI=1S/C13H14N4/c14-12-10(5-6-16-13(12)15)8-1-3-9(4-2-8)11-7-17-11/h1-6,11,17H,7,14H2,(H2,15,16). The number of nitrogens with one attached hydrogen (secondary N) is 1. The van der Waals surface area contributed by atoms with Crippen LogP contribution in [-0.4, -0.2) is 11.5 Å². The summed E-state index contributed by atoms with van der Waals surface area (Å²) < 4.78 is 0. The molecule has 0 bridgehead atoms. The van der Waals surface area contributed by atoms with Gasteiger partial charge in [-0.2, -0.15) is 0 Å². The van der Waals surface area contributed by atoms with Gasteiger partial charge in [-0.15, -0.1) is 0 Å². The molecule has 5 N–H and O–H groups in total. The Morgan fingerprint density at radius 1 is 1.12 bits per heavy atom. The molecule has 2 aromatic rings. The van der Waals surface area contributed by atoms with Crippen LogP contribution in [-0.2, 0) is 0 Å². The highest BCUT2D eigenvalue weighted by atomic mass is 15.1. The van der Waals surface area contributed by atoms with Crippen molar-refractivity contribution in [1.29, 1.82) is 0 Å². The van der Waals surface area contributed by atoms with E-state index in [1.807, 2.05) is 6.07 Å². The van der Waals surface area contributed by atoms with E-state index in [1.54, 1.807) is 6.20 Å². The fraction of sp³-hybridized carbons (Fsp3) is 0.154. The van der Waals surface area contributed by atoms with E-state index in [-0.39, 0.29) is 0 Å². The van der Waals surface area contributed by atoms with Gasteiger partial charge in [0.05, 0.1) is 5.69 Å². The second-order valence-corrected chi connectivity index (χ2v) is 4.24. The zero-order valence-electron chi connectivity index (χ0n) is 9.35. The first-order valence-electron chi connectivity index (χ1n) is 5.59. The largest absolute Gasteiger partial charge is 0.395 e. The Labute approximate surface area is 99.7 Å². The Balaban J connectivity index is 2.00. The second kappa shape index (κ2) is 3.75. The highest BCUT2D eigenvalue weighted by molar-refractivity contribution is 5.82. The summed E-state index contributed by atoms with van der Waals surface area (Å²) in [6.07, 6.45) is 1.68. The lowest BCUT2D eigenvalue weighted by Crippen LogP contribution is -1.99. The maximum atomic E-state index is 5.92. The number of nitrogens with zero attached hydrogens (tertiary/aromatic N) is 1. The molecule has 1 atom stereocenters. The minimum Gasteiger partial charge on any atom is -0.395 e. The van der Waals surface area contributed by atoms with E-state index in [9.17, 15) is 0 Å². The van der Waals surface area contributed by atoms with Gasteiger partial charge in [0.15, 0.2) is 0 Å². The van der Waals surface area contributed by atoms with Gasteiger partial charge in [0.2, 0.25) is 0 Å². The number of benzene rings is 1. The zero-order chi connectivity index (χ0) is 11.8. The first-order chi connectivity index (χ1) is 8.25. The minimum atomic E-state index is 0.385. The number of nitrogens with two attached hydrogens (primary N) is 2. The Hall–Kier alpha value is -2.07. The summed E-state index contributed by atoms with van der Waals surface area (Å²) in [6, 6.07) is 10.8. The van der Waals surface area contributed by atoms with Gasteiger partial charge in [0.1, 0.15) is 5.82 Å². The third-order valence-electron chi connectivity index (χ3n) is 3.05. The molecule has 1 aromatic carbocycles. The van der Waals surface area contributed by atoms with Crippen LogP contribution in [0.15, 0.2) is 36.5 Å². The molecule has 0 amide bonds. The minimum absolute atomic E-state index is 0.385. The van der Waals surface area contributed by atoms with Crippen molar-refractivity contribution >= 4 is 11.5 Å². The molecular formula is C13H14N4. The highest BCUT2D eigenvalue weighted by Gasteiger charge is 2.21. The molecule has 0 saturated carbocycles. The predicted molar refractivity (Wildman–Crippen MR) is 69.2 cm³/mol. The first kappa shape index (κ1) is 10.1. The number of rotatable bonds is 2. The molecular weight excluding hydrogens is 212 g/mol. The van der Waals surface area contributed by atoms with Crippen molar-refractivity contribution in [3.63, 3.8) is 0 Å². The van der Waals surface area contributed by atoms with E-state index >= 15 is 0 Å². The van der Waals surface area contributed by atoms with E-state index < -0.39 is 0 Å². The van der Waals surface area contributed by atoms with Gasteiger partial charge in [-0.25, -0.2) is 4.98 Å². The summed E-state index contributed by atoms with van der Waals surface area (Å²) in [5.41, 5.74) is 15.5. The molecule has 0 radical (unpaired) electrons. The average molecular weight is 226 g/mol. The first-order valence-corrected chi connectivity index (χ1v) is 5.59. The second-order valence-electron chi connectivity index (χ2n) is 4.24. The van der Waals surface area contributed by atoms with Gasteiger partial charge in [-0.1, -0.05) is 24.3 Å². The number of anilines is 2. The van der Waals surface area contributed by atoms with Crippen LogP contribution in [0.4, 0.5) is 11.5 Å². The number of hydrogen-bond acceptors (Lipinski definition) is 4. The fourth-order valence-electron chi connectivity index (χ4n) is 1.93. The number of hydrogen-bond donors (Lipinski definition) is 3. The van der Waals surface area contributed by atoms with E-state index in [4.69, 9.17) is 11.5 Å². The van der Waals surface area contributed by atoms with Crippen molar-refractivity contribution in [2.75, 3.05) is 18.0 Å². The maximum Gasteiger partial charge on any atom is 0.147 e. The van der Waals surface area contributed by atoms with E-state index in [0.29, 0.717) is 17.5 Å². The van der Waals surface area contributed by atoms with E-state index in [2.05, 4.69) is 34.6 Å². The summed E-state index contributed by atoms with van der Waals surface area (Å²) in [6.45, 7) is 1.07. The lowest BCUT2D eigenvalue weighted by molar-refractivity contribution is 1.08. The summed E-state index contributed by atoms with van der Waals surface area (Å²) in [5, 5.41) is 3.28. The van der Waals surface area contributed by atoms with Gasteiger partial charge < -0.3 is 16.8 Å². The molecule has 1 aliphatic rings. The van der Waals surface area contributed by atoms with E-state index in [1.165, 1.54) is 5.56 Å². The van der Waals surface area contributed by atoms with Crippen molar-refractivity contribution in [2.45, 2.75) is 6.04 Å². The van der Waals surface area contributed by atoms with Gasteiger partial charge in [0, 0.05) is 24.3 Å². The van der Waals surface area contributed by atoms with Crippen molar-refractivity contribution in [2.24, 2.45) is 0 Å². The molecule has 0 aliphatic carbocycles. The molecule has 2 heterocycles. The lowest BCUT2D eigenvalue weighted by Gasteiger charge is -2.08. The van der Waals surface area contributed by atoms with Crippen LogP contribution in [0, 0.1) is 0 Å². The van der Waals surface area contributed by atoms with E-state index in [0.717, 1.165) is 17.7 Å². The Bertz CT molecular complexity index is 544. The number of pyridine rings is 1. The molecule has 1 aromatic heterocycles. The normalized spacial score (nSPS) is 18.0. The topological polar surface area (TPSA) is 86.9 Å². The highest BCUT2D eigenvalue weighted by Crippen LogP contribution is 2.30. The fourth-order valence-corrected chi connectivity index (χ4v) is 1.93. The van der Waals surface area contributed by atoms with Crippen LogP contribution >= 0.6 is 0 Å². The SMILES string of the molecule is Nc1nccc(-c2ccc(C3CN3)cc2)c1N. The van der Waals surface area contributed by atoms with Gasteiger partial charge >= 0.3 is 0 Å². The van der Waals surface area contributed by atoms with Crippen LogP contribution in [0.1, 0.15) is 11.6 Å². The number of aromatic nitrogens is 1. The maximum absolute atomic E-state index is 5.92. The monoisotopic (exact) mass is 226 g/mol. The Kier molecular flexibility index (Phi) is 2.23. The lowest BCUT2D eigenvalue weighted by atomic mass is 10.0. The van der Waals surface area contributed by atoms with Crippen LogP contribution in [0.3, 0.4) is 0 Å². The van der Waals surface area contributed by atoms with Gasteiger partial charge in [-0.3, -0.25) is 0 Å². The Morgan fingerprint density at radius 3 is 2.47 bits per heavy atom. The van der Waals surface area contributed by atoms with Crippen LogP contribution in [0.2, 0.25) is 0 Å². The van der Waals surface area contributed by atoms with Crippen LogP contribution < -0.4 is 16.8 Å². The molecule has 1 saturated heterocycles. The predicted octanol–water partition coefficient (Wildman–Crippen LogP) is 1.56. The van der Waals surface area contributed by atoms with Crippen molar-refractivity contribution in [3.8, 4) is 11.1 Å². The number of nitrogen functional groups attached to an aromatic ring is 2.